The van der Waals surface area contributed by atoms with Crippen LogP contribution in [-0.2, 0) is 20.9 Å². The van der Waals surface area contributed by atoms with Gasteiger partial charge in [-0.15, -0.1) is 0 Å². The van der Waals surface area contributed by atoms with E-state index in [-0.39, 0.29) is 30.5 Å². The summed E-state index contributed by atoms with van der Waals surface area (Å²) in [5.41, 5.74) is 7.02. The smallest absolute Gasteiger partial charge is 0.262 e. The number of imide groups is 2. The average Bonchev–Trinajstić information content (AvgIpc) is 3.23. The molecule has 2 unspecified atom stereocenters. The lowest BCUT2D eigenvalue weighted by molar-refractivity contribution is -0.136. The van der Waals surface area contributed by atoms with E-state index >= 15 is 0 Å². The Bertz CT molecular complexity index is 955. The van der Waals surface area contributed by atoms with Gasteiger partial charge in [-0.25, -0.2) is 0 Å². The van der Waals surface area contributed by atoms with Gasteiger partial charge in [0.25, 0.3) is 11.8 Å². The lowest BCUT2D eigenvalue weighted by Gasteiger charge is -2.47. The molecule has 0 bridgehead atoms. The van der Waals surface area contributed by atoms with Crippen molar-refractivity contribution < 1.29 is 23.9 Å². The molecular formula is C21H24N4O5. The minimum Gasteiger partial charge on any atom is -0.368 e. The van der Waals surface area contributed by atoms with Gasteiger partial charge in [-0.3, -0.25) is 34.3 Å². The van der Waals surface area contributed by atoms with Gasteiger partial charge in [-0.2, -0.15) is 0 Å². The van der Waals surface area contributed by atoms with E-state index in [4.69, 9.17) is 10.5 Å². The van der Waals surface area contributed by atoms with Crippen LogP contribution in [0.4, 0.5) is 0 Å². The molecule has 0 radical (unpaired) electrons. The maximum Gasteiger partial charge on any atom is 0.262 e. The molecule has 0 aromatic heterocycles. The second-order valence-corrected chi connectivity index (χ2v) is 8.63. The van der Waals surface area contributed by atoms with Crippen molar-refractivity contribution >= 4 is 23.6 Å². The number of hydrogen-bond donors (Lipinski definition) is 2. The van der Waals surface area contributed by atoms with Gasteiger partial charge in [0.05, 0.1) is 22.8 Å². The Hall–Kier alpha value is -2.62. The summed E-state index contributed by atoms with van der Waals surface area (Å²) in [6.07, 6.45) is 2.34. The molecule has 1 spiro atoms. The van der Waals surface area contributed by atoms with E-state index in [1.165, 1.54) is 0 Å². The quantitative estimate of drug-likeness (QED) is 0.656. The van der Waals surface area contributed by atoms with Crippen molar-refractivity contribution in [2.45, 2.75) is 50.0 Å². The van der Waals surface area contributed by atoms with Crippen LogP contribution in [0.1, 0.15) is 52.0 Å². The third-order valence-corrected chi connectivity index (χ3v) is 6.57. The average molecular weight is 412 g/mol. The van der Waals surface area contributed by atoms with Gasteiger partial charge in [-0.05, 0) is 30.9 Å². The van der Waals surface area contributed by atoms with Crippen molar-refractivity contribution in [3.8, 4) is 0 Å². The number of nitrogens with one attached hydrogen (secondary N) is 1. The standard InChI is InChI=1S/C21H24N4O5/c22-8-13-6-7-21(30-13)10-24(11-21)9-12-2-1-3-14-17(12)20(29)25(19(14)28)15-4-5-16(26)23-18(15)27/h1-3,13,15H,4-11,22H2,(H,23,26,27). The van der Waals surface area contributed by atoms with E-state index in [9.17, 15) is 19.2 Å². The number of piperidine rings is 1. The molecule has 5 rings (SSSR count). The monoisotopic (exact) mass is 412 g/mol. The molecule has 3 N–H and O–H groups in total. The van der Waals surface area contributed by atoms with E-state index in [0.717, 1.165) is 36.4 Å². The van der Waals surface area contributed by atoms with Crippen molar-refractivity contribution in [3.63, 3.8) is 0 Å². The molecule has 30 heavy (non-hydrogen) atoms. The molecular weight excluding hydrogens is 388 g/mol. The SMILES string of the molecule is NCC1CCC2(CN(Cc3cccc4c3C(=O)N(C3CCC(=O)NC3=O)C4=O)C2)O1. The Morgan fingerprint density at radius 1 is 1.13 bits per heavy atom. The molecule has 4 heterocycles. The van der Waals surface area contributed by atoms with Crippen LogP contribution in [0.5, 0.6) is 0 Å². The summed E-state index contributed by atoms with van der Waals surface area (Å²) in [5, 5.41) is 2.22. The van der Waals surface area contributed by atoms with Gasteiger partial charge in [-0.1, -0.05) is 12.1 Å². The van der Waals surface area contributed by atoms with Crippen molar-refractivity contribution in [2.24, 2.45) is 5.73 Å². The predicted octanol–water partition coefficient (Wildman–Crippen LogP) is -0.220. The minimum absolute atomic E-state index is 0.107. The Morgan fingerprint density at radius 2 is 1.93 bits per heavy atom. The number of rotatable bonds is 4. The van der Waals surface area contributed by atoms with E-state index in [1.807, 2.05) is 6.07 Å². The first-order valence-corrected chi connectivity index (χ1v) is 10.3. The van der Waals surface area contributed by atoms with Crippen molar-refractivity contribution in [1.82, 2.24) is 15.1 Å². The highest BCUT2D eigenvalue weighted by Gasteiger charge is 2.50. The number of likely N-dealkylation sites (tertiary alicyclic amines) is 1. The fourth-order valence-electron chi connectivity index (χ4n) is 5.13. The zero-order chi connectivity index (χ0) is 21.0. The third-order valence-electron chi connectivity index (χ3n) is 6.57. The number of carbonyl (C=O) groups excluding carboxylic acids is 4. The molecule has 3 fully saturated rings. The minimum atomic E-state index is -0.949. The third kappa shape index (κ3) is 2.96. The van der Waals surface area contributed by atoms with Gasteiger partial charge >= 0.3 is 0 Å². The van der Waals surface area contributed by atoms with Crippen LogP contribution in [0, 0.1) is 0 Å². The highest BCUT2D eigenvalue weighted by atomic mass is 16.5. The molecule has 0 aliphatic carbocycles. The molecule has 0 saturated carbocycles. The highest BCUT2D eigenvalue weighted by Crippen LogP contribution is 2.39. The first-order chi connectivity index (χ1) is 14.4. The molecule has 1 aromatic carbocycles. The fourth-order valence-corrected chi connectivity index (χ4v) is 5.13. The van der Waals surface area contributed by atoms with Crippen LogP contribution in [0.15, 0.2) is 18.2 Å². The Morgan fingerprint density at radius 3 is 2.63 bits per heavy atom. The lowest BCUT2D eigenvalue weighted by Crippen LogP contribution is -2.61. The van der Waals surface area contributed by atoms with Crippen LogP contribution in [-0.4, -0.2) is 70.8 Å². The molecule has 4 amide bonds. The number of ether oxygens (including phenoxy) is 1. The lowest BCUT2D eigenvalue weighted by atomic mass is 9.89. The predicted molar refractivity (Wildman–Crippen MR) is 104 cm³/mol. The fraction of sp³-hybridized carbons (Fsp3) is 0.524. The number of amides is 4. The summed E-state index contributed by atoms with van der Waals surface area (Å²) < 4.78 is 6.08. The van der Waals surface area contributed by atoms with Crippen LogP contribution in [0.3, 0.4) is 0 Å². The van der Waals surface area contributed by atoms with Crippen molar-refractivity contribution in [3.05, 3.63) is 34.9 Å². The number of hydrogen-bond acceptors (Lipinski definition) is 7. The summed E-state index contributed by atoms with van der Waals surface area (Å²) in [6.45, 7) is 2.60. The molecule has 1 aromatic rings. The number of nitrogens with zero attached hydrogens (tertiary/aromatic N) is 2. The van der Waals surface area contributed by atoms with E-state index < -0.39 is 23.8 Å². The van der Waals surface area contributed by atoms with Gasteiger partial charge in [0.15, 0.2) is 0 Å². The largest absolute Gasteiger partial charge is 0.368 e. The molecule has 9 heteroatoms. The topological polar surface area (TPSA) is 122 Å². The zero-order valence-electron chi connectivity index (χ0n) is 16.6. The summed E-state index contributed by atoms with van der Waals surface area (Å²) >= 11 is 0. The summed E-state index contributed by atoms with van der Waals surface area (Å²) in [7, 11) is 0. The van der Waals surface area contributed by atoms with Crippen LogP contribution in [0.2, 0.25) is 0 Å². The Labute approximate surface area is 173 Å². The van der Waals surface area contributed by atoms with Crippen LogP contribution >= 0.6 is 0 Å². The summed E-state index contributed by atoms with van der Waals surface area (Å²) in [5.74, 6) is -1.92. The van der Waals surface area contributed by atoms with Crippen molar-refractivity contribution in [1.29, 1.82) is 0 Å². The number of carbonyl (C=O) groups is 4. The molecule has 4 aliphatic rings. The second-order valence-electron chi connectivity index (χ2n) is 8.63. The van der Waals surface area contributed by atoms with E-state index in [1.54, 1.807) is 12.1 Å². The zero-order valence-corrected chi connectivity index (χ0v) is 16.6. The van der Waals surface area contributed by atoms with Gasteiger partial charge in [0.1, 0.15) is 6.04 Å². The molecule has 158 valence electrons. The maximum absolute atomic E-state index is 13.2. The molecule has 9 nitrogen and oxygen atoms in total. The molecule has 4 aliphatic heterocycles. The Kier molecular flexibility index (Phi) is 4.49. The van der Waals surface area contributed by atoms with Gasteiger partial charge in [0, 0.05) is 32.6 Å². The number of benzene rings is 1. The first-order valence-electron chi connectivity index (χ1n) is 10.3. The second kappa shape index (κ2) is 6.97. The summed E-state index contributed by atoms with van der Waals surface area (Å²) in [4.78, 5) is 53.0. The van der Waals surface area contributed by atoms with Gasteiger partial charge in [0.2, 0.25) is 11.8 Å². The maximum atomic E-state index is 13.2. The van der Waals surface area contributed by atoms with Crippen LogP contribution in [0.25, 0.3) is 0 Å². The number of fused-ring (bicyclic) bond motifs is 1. The molecule has 3 saturated heterocycles. The summed E-state index contributed by atoms with van der Waals surface area (Å²) in [6, 6.07) is 4.28. The van der Waals surface area contributed by atoms with Gasteiger partial charge < -0.3 is 10.5 Å². The van der Waals surface area contributed by atoms with Crippen molar-refractivity contribution in [2.75, 3.05) is 19.6 Å². The van der Waals surface area contributed by atoms with E-state index in [2.05, 4.69) is 10.2 Å². The molecule has 2 atom stereocenters. The van der Waals surface area contributed by atoms with Crippen LogP contribution < -0.4 is 11.1 Å². The first kappa shape index (κ1) is 19.3. The van der Waals surface area contributed by atoms with E-state index in [0.29, 0.717) is 24.2 Å². The number of nitrogens with two attached hydrogens (primary N) is 1. The normalized spacial score (nSPS) is 28.1. The Balaban J connectivity index is 1.33. The highest BCUT2D eigenvalue weighted by molar-refractivity contribution is 6.24.